The number of carbonyl (C=O) groups excluding carboxylic acids is 1. The molecule has 3 atom stereocenters. The van der Waals surface area contributed by atoms with Crippen molar-refractivity contribution >= 4 is 23.3 Å². The number of fused-ring (bicyclic) bond motifs is 1. The minimum atomic E-state index is -0.942. The third kappa shape index (κ3) is 2.41. The van der Waals surface area contributed by atoms with E-state index in [4.69, 9.17) is 0 Å². The van der Waals surface area contributed by atoms with E-state index < -0.39 is 12.0 Å². The van der Waals surface area contributed by atoms with Gasteiger partial charge in [0, 0.05) is 24.0 Å². The molecular formula is C15H20N2O3S. The van der Waals surface area contributed by atoms with Crippen molar-refractivity contribution in [3.05, 3.63) is 21.9 Å². The SMILES string of the molecule is CC1CC(C)N(C(=O)N2CCc3sccc3C2C(=O)O)C1. The molecule has 2 aliphatic rings. The molecule has 2 aliphatic heterocycles. The first kappa shape index (κ1) is 14.4. The second-order valence-electron chi connectivity index (χ2n) is 6.11. The second-order valence-corrected chi connectivity index (χ2v) is 7.11. The molecule has 2 amide bonds. The van der Waals surface area contributed by atoms with Crippen molar-refractivity contribution in [1.29, 1.82) is 0 Å². The monoisotopic (exact) mass is 308 g/mol. The Bertz CT molecular complexity index is 571. The number of hydrogen-bond donors (Lipinski definition) is 1. The van der Waals surface area contributed by atoms with Crippen LogP contribution in [0.2, 0.25) is 0 Å². The van der Waals surface area contributed by atoms with E-state index in [1.807, 2.05) is 23.3 Å². The van der Waals surface area contributed by atoms with Crippen LogP contribution < -0.4 is 0 Å². The normalized spacial score (nSPS) is 28.6. The molecule has 0 aromatic carbocycles. The van der Waals surface area contributed by atoms with Crippen LogP contribution in [0.5, 0.6) is 0 Å². The molecule has 1 aromatic rings. The van der Waals surface area contributed by atoms with Gasteiger partial charge in [0.2, 0.25) is 0 Å². The first-order valence-corrected chi connectivity index (χ1v) is 8.23. The van der Waals surface area contributed by atoms with Gasteiger partial charge in [-0.05, 0) is 42.7 Å². The number of carboxylic acids is 1. The van der Waals surface area contributed by atoms with E-state index >= 15 is 0 Å². The molecule has 0 saturated carbocycles. The molecule has 6 heteroatoms. The fourth-order valence-corrected chi connectivity index (χ4v) is 4.42. The summed E-state index contributed by atoms with van der Waals surface area (Å²) >= 11 is 1.58. The Balaban J connectivity index is 1.88. The number of aliphatic carboxylic acids is 1. The number of carbonyl (C=O) groups is 2. The number of rotatable bonds is 1. The first-order chi connectivity index (χ1) is 9.99. The molecule has 5 nitrogen and oxygen atoms in total. The summed E-state index contributed by atoms with van der Waals surface area (Å²) in [6.07, 6.45) is 1.74. The van der Waals surface area contributed by atoms with Crippen LogP contribution in [0.4, 0.5) is 4.79 Å². The molecule has 1 aromatic heterocycles. The molecule has 0 spiro atoms. The molecule has 3 rings (SSSR count). The van der Waals surface area contributed by atoms with Gasteiger partial charge in [-0.1, -0.05) is 6.92 Å². The Hall–Kier alpha value is -1.56. The molecule has 1 fully saturated rings. The standard InChI is InChI=1S/C15H20N2O3S/c1-9-7-10(2)17(8-9)15(20)16-5-3-12-11(4-6-21-12)13(16)14(18)19/h4,6,9-10,13H,3,5,7-8H2,1-2H3,(H,18,19). The van der Waals surface area contributed by atoms with Crippen molar-refractivity contribution in [2.24, 2.45) is 5.92 Å². The van der Waals surface area contributed by atoms with Crippen molar-refractivity contribution in [3.63, 3.8) is 0 Å². The second kappa shape index (κ2) is 5.33. The van der Waals surface area contributed by atoms with Crippen LogP contribution in [0, 0.1) is 5.92 Å². The summed E-state index contributed by atoms with van der Waals surface area (Å²) < 4.78 is 0. The number of hydrogen-bond acceptors (Lipinski definition) is 3. The van der Waals surface area contributed by atoms with Crippen LogP contribution in [0.3, 0.4) is 0 Å². The smallest absolute Gasteiger partial charge is 0.331 e. The van der Waals surface area contributed by atoms with Crippen LogP contribution in [0.1, 0.15) is 36.8 Å². The van der Waals surface area contributed by atoms with Crippen LogP contribution in [-0.4, -0.2) is 46.0 Å². The minimum absolute atomic E-state index is 0.129. The van der Waals surface area contributed by atoms with Gasteiger partial charge < -0.3 is 14.9 Å². The quantitative estimate of drug-likeness (QED) is 0.867. The summed E-state index contributed by atoms with van der Waals surface area (Å²) in [6, 6.07) is 1.06. The molecule has 3 heterocycles. The highest BCUT2D eigenvalue weighted by atomic mass is 32.1. The Labute approximate surface area is 128 Å². The van der Waals surface area contributed by atoms with Gasteiger partial charge in [-0.15, -0.1) is 11.3 Å². The summed E-state index contributed by atoms with van der Waals surface area (Å²) in [5.74, 6) is -0.462. The molecule has 0 bridgehead atoms. The maximum absolute atomic E-state index is 12.8. The van der Waals surface area contributed by atoms with Gasteiger partial charge in [0.05, 0.1) is 0 Å². The Morgan fingerprint density at radius 3 is 2.71 bits per heavy atom. The summed E-state index contributed by atoms with van der Waals surface area (Å²) in [4.78, 5) is 28.9. The molecule has 3 unspecified atom stereocenters. The van der Waals surface area contributed by atoms with E-state index in [1.165, 1.54) is 4.90 Å². The third-order valence-corrected chi connectivity index (χ3v) is 5.47. The van der Waals surface area contributed by atoms with E-state index in [0.717, 1.165) is 29.8 Å². The van der Waals surface area contributed by atoms with Gasteiger partial charge in [0.15, 0.2) is 6.04 Å². The largest absolute Gasteiger partial charge is 0.479 e. The number of urea groups is 1. The zero-order valence-electron chi connectivity index (χ0n) is 12.3. The zero-order chi connectivity index (χ0) is 15.1. The van der Waals surface area contributed by atoms with E-state index in [2.05, 4.69) is 6.92 Å². The van der Waals surface area contributed by atoms with Crippen LogP contribution in [0.25, 0.3) is 0 Å². The highest BCUT2D eigenvalue weighted by molar-refractivity contribution is 7.10. The zero-order valence-corrected chi connectivity index (χ0v) is 13.1. The minimum Gasteiger partial charge on any atom is -0.479 e. The van der Waals surface area contributed by atoms with Crippen LogP contribution >= 0.6 is 11.3 Å². The van der Waals surface area contributed by atoms with Gasteiger partial charge in [-0.2, -0.15) is 0 Å². The van der Waals surface area contributed by atoms with Gasteiger partial charge in [0.1, 0.15) is 0 Å². The highest BCUT2D eigenvalue weighted by Crippen LogP contribution is 2.35. The molecule has 0 aliphatic carbocycles. The Kier molecular flexibility index (Phi) is 3.65. The average molecular weight is 308 g/mol. The summed E-state index contributed by atoms with van der Waals surface area (Å²) in [7, 11) is 0. The third-order valence-electron chi connectivity index (χ3n) is 4.48. The maximum atomic E-state index is 12.8. The number of nitrogens with zero attached hydrogens (tertiary/aromatic N) is 2. The molecule has 1 N–H and O–H groups in total. The number of carboxylic acid groups (broad SMARTS) is 1. The lowest BCUT2D eigenvalue weighted by Crippen LogP contribution is -2.50. The lowest BCUT2D eigenvalue weighted by molar-refractivity contribution is -0.143. The topological polar surface area (TPSA) is 60.9 Å². The number of amides is 2. The van der Waals surface area contributed by atoms with Crippen molar-refractivity contribution < 1.29 is 14.7 Å². The van der Waals surface area contributed by atoms with Gasteiger partial charge in [-0.3, -0.25) is 0 Å². The lowest BCUT2D eigenvalue weighted by atomic mass is 10.0. The predicted octanol–water partition coefficient (Wildman–Crippen LogP) is 2.58. The Morgan fingerprint density at radius 1 is 1.33 bits per heavy atom. The van der Waals surface area contributed by atoms with Gasteiger partial charge in [-0.25, -0.2) is 9.59 Å². The van der Waals surface area contributed by atoms with E-state index in [0.29, 0.717) is 12.5 Å². The van der Waals surface area contributed by atoms with Crippen LogP contribution in [-0.2, 0) is 11.2 Å². The van der Waals surface area contributed by atoms with E-state index in [9.17, 15) is 14.7 Å². The summed E-state index contributed by atoms with van der Waals surface area (Å²) in [6.45, 7) is 5.38. The lowest BCUT2D eigenvalue weighted by Gasteiger charge is -2.37. The van der Waals surface area contributed by atoms with E-state index in [-0.39, 0.29) is 12.1 Å². The van der Waals surface area contributed by atoms with Crippen molar-refractivity contribution in [1.82, 2.24) is 9.80 Å². The molecular weight excluding hydrogens is 288 g/mol. The van der Waals surface area contributed by atoms with Crippen molar-refractivity contribution in [3.8, 4) is 0 Å². The number of likely N-dealkylation sites (tertiary alicyclic amines) is 1. The molecule has 0 radical (unpaired) electrons. The maximum Gasteiger partial charge on any atom is 0.331 e. The van der Waals surface area contributed by atoms with Crippen molar-refractivity contribution in [2.45, 2.75) is 38.8 Å². The fraction of sp³-hybridized carbons (Fsp3) is 0.600. The average Bonchev–Trinajstić information content (AvgIpc) is 3.02. The van der Waals surface area contributed by atoms with Crippen LogP contribution in [0.15, 0.2) is 11.4 Å². The Morgan fingerprint density at radius 2 is 2.10 bits per heavy atom. The van der Waals surface area contributed by atoms with Gasteiger partial charge in [0.25, 0.3) is 0 Å². The fourth-order valence-electron chi connectivity index (χ4n) is 3.52. The molecule has 114 valence electrons. The van der Waals surface area contributed by atoms with E-state index in [1.54, 1.807) is 11.3 Å². The molecule has 21 heavy (non-hydrogen) atoms. The van der Waals surface area contributed by atoms with Gasteiger partial charge >= 0.3 is 12.0 Å². The summed E-state index contributed by atoms with van der Waals surface area (Å²) in [5, 5.41) is 11.5. The van der Waals surface area contributed by atoms with Crippen molar-refractivity contribution in [2.75, 3.05) is 13.1 Å². The highest BCUT2D eigenvalue weighted by Gasteiger charge is 2.41. The summed E-state index contributed by atoms with van der Waals surface area (Å²) in [5.41, 5.74) is 0.784. The predicted molar refractivity (Wildman–Crippen MR) is 80.5 cm³/mol. The molecule has 1 saturated heterocycles. The number of thiophene rings is 1. The first-order valence-electron chi connectivity index (χ1n) is 7.35.